The van der Waals surface area contributed by atoms with Gasteiger partial charge in [-0.3, -0.25) is 0 Å². The van der Waals surface area contributed by atoms with Crippen molar-refractivity contribution in [2.24, 2.45) is 5.92 Å². The van der Waals surface area contributed by atoms with Crippen LogP contribution in [0.25, 0.3) is 0 Å². The average Bonchev–Trinajstić information content (AvgIpc) is 2.33. The molecule has 0 radical (unpaired) electrons. The van der Waals surface area contributed by atoms with Crippen LogP contribution >= 0.6 is 0 Å². The van der Waals surface area contributed by atoms with Crippen molar-refractivity contribution in [3.8, 4) is 11.9 Å². The van der Waals surface area contributed by atoms with E-state index in [9.17, 15) is 0 Å². The number of hydrogen-bond donors (Lipinski definition) is 0. The highest BCUT2D eigenvalue weighted by Crippen LogP contribution is 2.26. The van der Waals surface area contributed by atoms with Crippen LogP contribution in [0.2, 0.25) is 0 Å². The third kappa shape index (κ3) is 2.69. The maximum absolute atomic E-state index is 8.59. The normalized spacial score (nSPS) is 24.8. The van der Waals surface area contributed by atoms with Crippen LogP contribution in [0, 0.1) is 17.2 Å². The summed E-state index contributed by atoms with van der Waals surface area (Å²) in [7, 11) is 0. The minimum Gasteiger partial charge on any atom is -0.473 e. The second-order valence-electron chi connectivity index (χ2n) is 4.35. The highest BCUT2D eigenvalue weighted by molar-refractivity contribution is 5.18. The fourth-order valence-electron chi connectivity index (χ4n) is 1.95. The molecule has 0 N–H and O–H groups in total. The first-order valence-electron chi connectivity index (χ1n) is 5.66. The van der Waals surface area contributed by atoms with Crippen molar-refractivity contribution in [2.75, 3.05) is 0 Å². The van der Waals surface area contributed by atoms with Crippen molar-refractivity contribution in [1.29, 1.82) is 5.26 Å². The summed E-state index contributed by atoms with van der Waals surface area (Å²) in [5.74, 6) is 1.34. The second-order valence-corrected chi connectivity index (χ2v) is 4.35. The Morgan fingerprint density at radius 3 is 2.56 bits per heavy atom. The molecule has 0 spiro atoms. The highest BCUT2D eigenvalue weighted by Gasteiger charge is 2.19. The quantitative estimate of drug-likeness (QED) is 0.762. The van der Waals surface area contributed by atoms with Crippen molar-refractivity contribution >= 4 is 0 Å². The molecule has 1 saturated carbocycles. The van der Waals surface area contributed by atoms with Gasteiger partial charge in [0.15, 0.2) is 5.69 Å². The van der Waals surface area contributed by atoms with E-state index >= 15 is 0 Å². The highest BCUT2D eigenvalue weighted by atomic mass is 16.5. The Balaban J connectivity index is 1.91. The number of ether oxygens (including phenoxy) is 1. The van der Waals surface area contributed by atoms with E-state index in [4.69, 9.17) is 10.00 Å². The molecule has 16 heavy (non-hydrogen) atoms. The Bertz CT molecular complexity index is 374. The molecule has 1 aliphatic rings. The van der Waals surface area contributed by atoms with Gasteiger partial charge in [0.25, 0.3) is 0 Å². The van der Waals surface area contributed by atoms with Crippen LogP contribution in [-0.4, -0.2) is 16.1 Å². The van der Waals surface area contributed by atoms with E-state index in [1.165, 1.54) is 25.2 Å². The van der Waals surface area contributed by atoms with Gasteiger partial charge in [-0.15, -0.1) is 0 Å². The first kappa shape index (κ1) is 10.9. The molecule has 0 bridgehead atoms. The Labute approximate surface area is 95.3 Å². The molecule has 0 saturated heterocycles. The molecule has 4 heteroatoms. The molecule has 1 aliphatic carbocycles. The zero-order valence-electron chi connectivity index (χ0n) is 9.39. The van der Waals surface area contributed by atoms with Crippen molar-refractivity contribution in [3.63, 3.8) is 0 Å². The third-order valence-corrected chi connectivity index (χ3v) is 2.99. The Hall–Kier alpha value is -1.63. The van der Waals surface area contributed by atoms with Crippen molar-refractivity contribution < 1.29 is 4.74 Å². The maximum atomic E-state index is 8.59. The van der Waals surface area contributed by atoms with Gasteiger partial charge in [0, 0.05) is 0 Å². The Morgan fingerprint density at radius 1 is 1.25 bits per heavy atom. The van der Waals surface area contributed by atoms with Gasteiger partial charge in [0.05, 0.1) is 12.4 Å². The molecule has 1 aromatic heterocycles. The van der Waals surface area contributed by atoms with Gasteiger partial charge in [-0.2, -0.15) is 5.26 Å². The summed E-state index contributed by atoms with van der Waals surface area (Å²) in [4.78, 5) is 7.98. The average molecular weight is 217 g/mol. The summed E-state index contributed by atoms with van der Waals surface area (Å²) in [5.41, 5.74) is 0.324. The topological polar surface area (TPSA) is 58.8 Å². The molecular weight excluding hydrogens is 202 g/mol. The number of rotatable bonds is 2. The van der Waals surface area contributed by atoms with Crippen LogP contribution in [0.4, 0.5) is 0 Å². The summed E-state index contributed by atoms with van der Waals surface area (Å²) in [6.45, 7) is 2.28. The lowest BCUT2D eigenvalue weighted by atomic mass is 9.89. The Morgan fingerprint density at radius 2 is 2.00 bits per heavy atom. The van der Waals surface area contributed by atoms with Gasteiger partial charge >= 0.3 is 0 Å². The first-order chi connectivity index (χ1) is 7.78. The van der Waals surface area contributed by atoms with E-state index in [-0.39, 0.29) is 6.10 Å². The maximum Gasteiger partial charge on any atom is 0.232 e. The lowest BCUT2D eigenvalue weighted by Crippen LogP contribution is -2.23. The number of hydrogen-bond acceptors (Lipinski definition) is 4. The zero-order chi connectivity index (χ0) is 11.4. The summed E-state index contributed by atoms with van der Waals surface area (Å²) >= 11 is 0. The molecule has 0 amide bonds. The number of nitriles is 1. The van der Waals surface area contributed by atoms with Gasteiger partial charge in [0.2, 0.25) is 5.88 Å². The molecule has 1 fully saturated rings. The zero-order valence-corrected chi connectivity index (χ0v) is 9.39. The van der Waals surface area contributed by atoms with Crippen molar-refractivity contribution in [3.05, 3.63) is 18.1 Å². The molecule has 0 aromatic carbocycles. The minimum absolute atomic E-state index is 0.262. The molecule has 0 atom stereocenters. The predicted octanol–water partition coefficient (Wildman–Crippen LogP) is 2.31. The van der Waals surface area contributed by atoms with Gasteiger partial charge in [-0.1, -0.05) is 6.92 Å². The lowest BCUT2D eigenvalue weighted by molar-refractivity contribution is 0.129. The van der Waals surface area contributed by atoms with Crippen LogP contribution in [0.5, 0.6) is 5.88 Å². The van der Waals surface area contributed by atoms with Crippen molar-refractivity contribution in [2.45, 2.75) is 38.7 Å². The fraction of sp³-hybridized carbons (Fsp3) is 0.583. The van der Waals surface area contributed by atoms with Gasteiger partial charge < -0.3 is 4.74 Å². The van der Waals surface area contributed by atoms with Crippen LogP contribution in [0.1, 0.15) is 38.3 Å². The van der Waals surface area contributed by atoms with Crippen LogP contribution in [0.3, 0.4) is 0 Å². The molecular formula is C12H15N3O. The first-order valence-corrected chi connectivity index (χ1v) is 5.66. The molecule has 1 aromatic rings. The third-order valence-electron chi connectivity index (χ3n) is 2.99. The van der Waals surface area contributed by atoms with E-state index in [0.717, 1.165) is 18.8 Å². The second kappa shape index (κ2) is 4.93. The number of aromatic nitrogens is 2. The predicted molar refractivity (Wildman–Crippen MR) is 58.8 cm³/mol. The standard InChI is InChI=1S/C12H15N3O/c1-9-2-4-11(5-3-9)16-12-8-14-10(6-13)7-15-12/h7-9,11H,2-5H2,1H3. The molecule has 0 aliphatic heterocycles. The minimum atomic E-state index is 0.262. The van der Waals surface area contributed by atoms with E-state index in [1.54, 1.807) is 0 Å². The van der Waals surface area contributed by atoms with Crippen LogP contribution in [-0.2, 0) is 0 Å². The van der Waals surface area contributed by atoms with Gasteiger partial charge in [0.1, 0.15) is 12.2 Å². The monoisotopic (exact) mass is 217 g/mol. The summed E-state index contributed by atoms with van der Waals surface area (Å²) in [6, 6.07) is 1.93. The smallest absolute Gasteiger partial charge is 0.232 e. The van der Waals surface area contributed by atoms with Crippen LogP contribution in [0.15, 0.2) is 12.4 Å². The van der Waals surface area contributed by atoms with E-state index < -0.39 is 0 Å². The largest absolute Gasteiger partial charge is 0.473 e. The molecule has 2 rings (SSSR count). The number of nitrogens with zero attached hydrogens (tertiary/aromatic N) is 3. The van der Waals surface area contributed by atoms with E-state index in [2.05, 4.69) is 16.9 Å². The van der Waals surface area contributed by atoms with Crippen LogP contribution < -0.4 is 4.74 Å². The lowest BCUT2D eigenvalue weighted by Gasteiger charge is -2.26. The van der Waals surface area contributed by atoms with Gasteiger partial charge in [-0.05, 0) is 31.6 Å². The summed E-state index contributed by atoms with van der Waals surface area (Å²) in [6.07, 6.45) is 7.84. The summed E-state index contributed by atoms with van der Waals surface area (Å²) in [5, 5.41) is 8.59. The van der Waals surface area contributed by atoms with E-state index in [0.29, 0.717) is 11.6 Å². The fourth-order valence-corrected chi connectivity index (χ4v) is 1.95. The molecule has 1 heterocycles. The van der Waals surface area contributed by atoms with Crippen molar-refractivity contribution in [1.82, 2.24) is 9.97 Å². The van der Waals surface area contributed by atoms with E-state index in [1.807, 2.05) is 6.07 Å². The Kier molecular flexibility index (Phi) is 3.35. The summed E-state index contributed by atoms with van der Waals surface area (Å²) < 4.78 is 5.72. The molecule has 4 nitrogen and oxygen atoms in total. The molecule has 84 valence electrons. The van der Waals surface area contributed by atoms with Gasteiger partial charge in [-0.25, -0.2) is 9.97 Å². The molecule has 0 unspecified atom stereocenters. The SMILES string of the molecule is CC1CCC(Oc2cnc(C#N)cn2)CC1.